The SMILES string of the molecule is COc1cccc(-c2nnc(SC(=O)c3ccc(Br)cc3)o2)c1. The predicted octanol–water partition coefficient (Wildman–Crippen LogP) is 4.44. The molecule has 0 unspecified atom stereocenters. The summed E-state index contributed by atoms with van der Waals surface area (Å²) in [7, 11) is 1.59. The van der Waals surface area contributed by atoms with Gasteiger partial charge in [0.2, 0.25) is 11.0 Å². The Kier molecular flexibility index (Phi) is 4.78. The van der Waals surface area contributed by atoms with Crippen LogP contribution in [0.15, 0.2) is 62.6 Å². The fraction of sp³-hybridized carbons (Fsp3) is 0.0625. The van der Waals surface area contributed by atoms with Crippen molar-refractivity contribution in [3.05, 3.63) is 58.6 Å². The first-order valence-corrected chi connectivity index (χ1v) is 8.22. The summed E-state index contributed by atoms with van der Waals surface area (Å²) in [5, 5.41) is 7.93. The zero-order valence-corrected chi connectivity index (χ0v) is 14.4. The second-order valence-corrected chi connectivity index (χ2v) is 6.34. The van der Waals surface area contributed by atoms with Gasteiger partial charge in [0.05, 0.1) is 7.11 Å². The molecule has 0 N–H and O–H groups in total. The lowest BCUT2D eigenvalue weighted by molar-refractivity contribution is 0.108. The molecule has 3 rings (SSSR count). The van der Waals surface area contributed by atoms with Crippen LogP contribution in [0, 0.1) is 0 Å². The van der Waals surface area contributed by atoms with Crippen LogP contribution >= 0.6 is 27.7 Å². The normalized spacial score (nSPS) is 10.5. The van der Waals surface area contributed by atoms with Gasteiger partial charge in [0.1, 0.15) is 5.75 Å². The highest BCUT2D eigenvalue weighted by molar-refractivity contribution is 9.10. The molecule has 3 aromatic rings. The third-order valence-electron chi connectivity index (χ3n) is 2.98. The molecule has 0 amide bonds. The quantitative estimate of drug-likeness (QED) is 0.613. The minimum atomic E-state index is -0.154. The van der Waals surface area contributed by atoms with Gasteiger partial charge in [-0.15, -0.1) is 10.2 Å². The first kappa shape index (κ1) is 15.8. The average molecular weight is 391 g/mol. The third-order valence-corrected chi connectivity index (χ3v) is 4.27. The lowest BCUT2D eigenvalue weighted by atomic mass is 10.2. The molecule has 7 heteroatoms. The summed E-state index contributed by atoms with van der Waals surface area (Å²) >= 11 is 4.24. The van der Waals surface area contributed by atoms with Gasteiger partial charge in [0.25, 0.3) is 5.22 Å². The smallest absolute Gasteiger partial charge is 0.284 e. The van der Waals surface area contributed by atoms with E-state index in [-0.39, 0.29) is 10.3 Å². The molecule has 5 nitrogen and oxygen atoms in total. The number of methoxy groups -OCH3 is 1. The highest BCUT2D eigenvalue weighted by Gasteiger charge is 2.15. The second-order valence-electron chi connectivity index (χ2n) is 4.50. The highest BCUT2D eigenvalue weighted by Crippen LogP contribution is 2.27. The van der Waals surface area contributed by atoms with Crippen LogP contribution in [-0.2, 0) is 0 Å². The van der Waals surface area contributed by atoms with Crippen LogP contribution in [0.3, 0.4) is 0 Å². The van der Waals surface area contributed by atoms with Gasteiger partial charge in [0, 0.05) is 27.4 Å². The number of carbonyl (C=O) groups excluding carboxylic acids is 1. The number of halogens is 1. The molecule has 0 aliphatic rings. The third kappa shape index (κ3) is 3.80. The van der Waals surface area contributed by atoms with E-state index in [1.165, 1.54) is 0 Å². The summed E-state index contributed by atoms with van der Waals surface area (Å²) in [6.45, 7) is 0. The summed E-state index contributed by atoms with van der Waals surface area (Å²) in [6.07, 6.45) is 0. The van der Waals surface area contributed by atoms with Gasteiger partial charge in [-0.3, -0.25) is 4.79 Å². The molecule has 116 valence electrons. The Morgan fingerprint density at radius 1 is 1.17 bits per heavy atom. The van der Waals surface area contributed by atoms with Gasteiger partial charge in [0.15, 0.2) is 0 Å². The molecule has 2 aromatic carbocycles. The number of aromatic nitrogens is 2. The monoisotopic (exact) mass is 390 g/mol. The maximum atomic E-state index is 12.2. The van der Waals surface area contributed by atoms with Crippen LogP contribution < -0.4 is 4.74 Å². The topological polar surface area (TPSA) is 65.2 Å². The fourth-order valence-corrected chi connectivity index (χ4v) is 2.73. The molecule has 0 radical (unpaired) electrons. The molecule has 0 atom stereocenters. The molecule has 1 heterocycles. The van der Waals surface area contributed by atoms with Gasteiger partial charge in [-0.25, -0.2) is 0 Å². The Bertz CT molecular complexity index is 833. The molecule has 0 bridgehead atoms. The van der Waals surface area contributed by atoms with E-state index in [9.17, 15) is 4.79 Å². The minimum Gasteiger partial charge on any atom is -0.497 e. The van der Waals surface area contributed by atoms with E-state index in [1.807, 2.05) is 30.3 Å². The number of rotatable bonds is 4. The van der Waals surface area contributed by atoms with Crippen LogP contribution in [0.5, 0.6) is 5.75 Å². The average Bonchev–Trinajstić information content (AvgIpc) is 3.04. The minimum absolute atomic E-state index is 0.154. The van der Waals surface area contributed by atoms with E-state index in [4.69, 9.17) is 9.15 Å². The van der Waals surface area contributed by atoms with E-state index in [2.05, 4.69) is 26.1 Å². The van der Waals surface area contributed by atoms with Gasteiger partial charge < -0.3 is 9.15 Å². The van der Waals surface area contributed by atoms with E-state index in [0.717, 1.165) is 21.8 Å². The first-order valence-electron chi connectivity index (χ1n) is 6.61. The largest absolute Gasteiger partial charge is 0.497 e. The Balaban J connectivity index is 1.76. The van der Waals surface area contributed by atoms with E-state index in [0.29, 0.717) is 17.2 Å². The van der Waals surface area contributed by atoms with Crippen LogP contribution in [-0.4, -0.2) is 22.4 Å². The highest BCUT2D eigenvalue weighted by atomic mass is 79.9. The van der Waals surface area contributed by atoms with Gasteiger partial charge in [-0.05, 0) is 42.5 Å². The van der Waals surface area contributed by atoms with E-state index < -0.39 is 0 Å². The van der Waals surface area contributed by atoms with Crippen molar-refractivity contribution in [2.45, 2.75) is 5.22 Å². The van der Waals surface area contributed by atoms with Crippen molar-refractivity contribution in [3.8, 4) is 17.2 Å². The second kappa shape index (κ2) is 6.97. The molecule has 0 spiro atoms. The number of hydrogen-bond acceptors (Lipinski definition) is 6. The number of benzene rings is 2. The lowest BCUT2D eigenvalue weighted by Crippen LogP contribution is -1.92. The van der Waals surface area contributed by atoms with Crippen molar-refractivity contribution >= 4 is 32.8 Å². The molecular formula is C16H11BrN2O3S. The molecule has 0 saturated carbocycles. The van der Waals surface area contributed by atoms with Crippen molar-refractivity contribution < 1.29 is 13.9 Å². The number of nitrogens with zero attached hydrogens (tertiary/aromatic N) is 2. The van der Waals surface area contributed by atoms with Crippen LogP contribution in [0.2, 0.25) is 0 Å². The molecule has 23 heavy (non-hydrogen) atoms. The number of ether oxygens (including phenoxy) is 1. The van der Waals surface area contributed by atoms with Crippen molar-refractivity contribution in [1.82, 2.24) is 10.2 Å². The zero-order chi connectivity index (χ0) is 16.2. The Labute approximate surface area is 145 Å². The molecule has 0 aliphatic heterocycles. The van der Waals surface area contributed by atoms with Gasteiger partial charge >= 0.3 is 0 Å². The number of hydrogen-bond donors (Lipinski definition) is 0. The standard InChI is InChI=1S/C16H11BrN2O3S/c1-21-13-4-2-3-11(9-13)14-18-19-16(22-14)23-15(20)10-5-7-12(17)8-6-10/h2-9H,1H3. The molecular weight excluding hydrogens is 380 g/mol. The number of carbonyl (C=O) groups is 1. The van der Waals surface area contributed by atoms with Crippen LogP contribution in [0.25, 0.3) is 11.5 Å². The fourth-order valence-electron chi connectivity index (χ4n) is 1.85. The summed E-state index contributed by atoms with van der Waals surface area (Å²) in [5.74, 6) is 1.04. The molecule has 0 fully saturated rings. The molecule has 1 aromatic heterocycles. The van der Waals surface area contributed by atoms with Crippen molar-refractivity contribution in [1.29, 1.82) is 0 Å². The van der Waals surface area contributed by atoms with E-state index >= 15 is 0 Å². The maximum absolute atomic E-state index is 12.2. The lowest BCUT2D eigenvalue weighted by Gasteiger charge is -2.00. The maximum Gasteiger partial charge on any atom is 0.284 e. The Morgan fingerprint density at radius 3 is 2.70 bits per heavy atom. The molecule has 0 aliphatic carbocycles. The number of thioether (sulfide) groups is 1. The summed E-state index contributed by atoms with van der Waals surface area (Å²) in [5.41, 5.74) is 1.30. The van der Waals surface area contributed by atoms with Crippen molar-refractivity contribution in [2.24, 2.45) is 0 Å². The zero-order valence-electron chi connectivity index (χ0n) is 12.0. The Morgan fingerprint density at radius 2 is 1.96 bits per heavy atom. The summed E-state index contributed by atoms with van der Waals surface area (Å²) in [4.78, 5) is 12.2. The van der Waals surface area contributed by atoms with E-state index in [1.54, 1.807) is 25.3 Å². The summed E-state index contributed by atoms with van der Waals surface area (Å²) in [6, 6.07) is 14.4. The molecule has 0 saturated heterocycles. The predicted molar refractivity (Wildman–Crippen MR) is 90.6 cm³/mol. The van der Waals surface area contributed by atoms with Crippen LogP contribution in [0.1, 0.15) is 10.4 Å². The van der Waals surface area contributed by atoms with Gasteiger partial charge in [-0.2, -0.15) is 0 Å². The van der Waals surface area contributed by atoms with Crippen molar-refractivity contribution in [3.63, 3.8) is 0 Å². The Hall–Kier alpha value is -2.12. The van der Waals surface area contributed by atoms with Gasteiger partial charge in [-0.1, -0.05) is 22.0 Å². The summed E-state index contributed by atoms with van der Waals surface area (Å²) < 4.78 is 11.6. The van der Waals surface area contributed by atoms with Crippen LogP contribution in [0.4, 0.5) is 0 Å². The van der Waals surface area contributed by atoms with Crippen molar-refractivity contribution in [2.75, 3.05) is 7.11 Å². The first-order chi connectivity index (χ1) is 11.2.